The molecule has 0 bridgehead atoms. The second-order valence-electron chi connectivity index (χ2n) is 4.24. The second kappa shape index (κ2) is 5.77. The Morgan fingerprint density at radius 1 is 1.39 bits per heavy atom. The highest BCUT2D eigenvalue weighted by Crippen LogP contribution is 2.24. The lowest BCUT2D eigenvalue weighted by Gasteiger charge is -2.19. The van der Waals surface area contributed by atoms with E-state index in [0.29, 0.717) is 5.82 Å². The number of nitrogens with one attached hydrogen (secondary N) is 1. The largest absolute Gasteiger partial charge is 0.464 e. The van der Waals surface area contributed by atoms with E-state index >= 15 is 0 Å². The van der Waals surface area contributed by atoms with E-state index in [1.54, 1.807) is 13.3 Å². The number of hydrogen-bond acceptors (Lipinski definition) is 6. The third kappa shape index (κ3) is 2.76. The maximum atomic E-state index is 11.3. The fraction of sp³-hybridized carbons (Fsp3) is 0.583. The lowest BCUT2D eigenvalue weighted by atomic mass is 10.2. The maximum absolute atomic E-state index is 11.3. The summed E-state index contributed by atoms with van der Waals surface area (Å²) in [5, 5.41) is 3.25. The van der Waals surface area contributed by atoms with E-state index in [4.69, 9.17) is 4.74 Å². The zero-order valence-electron chi connectivity index (χ0n) is 10.5. The van der Waals surface area contributed by atoms with Crippen LogP contribution in [0.1, 0.15) is 29.8 Å². The van der Waals surface area contributed by atoms with Crippen molar-refractivity contribution in [3.8, 4) is 0 Å². The molecule has 1 N–H and O–H groups in total. The smallest absolute Gasteiger partial charge is 0.358 e. The summed E-state index contributed by atoms with van der Waals surface area (Å²) < 4.78 is 10.0. The molecule has 0 spiro atoms. The molecule has 1 aromatic rings. The van der Waals surface area contributed by atoms with Crippen molar-refractivity contribution in [2.45, 2.75) is 31.4 Å². The van der Waals surface area contributed by atoms with Gasteiger partial charge in [-0.1, -0.05) is 0 Å². The van der Waals surface area contributed by atoms with E-state index in [1.807, 2.05) is 0 Å². The Labute approximate surface area is 106 Å². The van der Waals surface area contributed by atoms with E-state index in [9.17, 15) is 4.79 Å². The fourth-order valence-electron chi connectivity index (χ4n) is 2.20. The number of aromatic nitrogens is 2. The van der Waals surface area contributed by atoms with Gasteiger partial charge >= 0.3 is 5.97 Å². The quantitative estimate of drug-likeness (QED) is 0.812. The van der Waals surface area contributed by atoms with Crippen molar-refractivity contribution in [3.63, 3.8) is 0 Å². The minimum atomic E-state index is -0.485. The van der Waals surface area contributed by atoms with Gasteiger partial charge in [-0.15, -0.1) is 0 Å². The first-order chi connectivity index (χ1) is 8.74. The molecule has 6 nitrogen and oxygen atoms in total. The Morgan fingerprint density at radius 3 is 2.94 bits per heavy atom. The number of rotatable bonds is 4. The molecular formula is C12H17N3O3. The molecule has 6 heteroatoms. The first kappa shape index (κ1) is 12.8. The summed E-state index contributed by atoms with van der Waals surface area (Å²) in [4.78, 5) is 19.5. The molecule has 0 saturated heterocycles. The van der Waals surface area contributed by atoms with Gasteiger partial charge in [0.05, 0.1) is 31.6 Å². The van der Waals surface area contributed by atoms with Crippen LogP contribution in [0.4, 0.5) is 5.82 Å². The monoisotopic (exact) mass is 251 g/mol. The van der Waals surface area contributed by atoms with Crippen molar-refractivity contribution in [1.82, 2.24) is 9.97 Å². The second-order valence-corrected chi connectivity index (χ2v) is 4.24. The molecule has 1 aliphatic rings. The average Bonchev–Trinajstić information content (AvgIpc) is 2.85. The van der Waals surface area contributed by atoms with Crippen molar-refractivity contribution in [1.29, 1.82) is 0 Å². The molecule has 0 aliphatic heterocycles. The van der Waals surface area contributed by atoms with Crippen LogP contribution in [-0.2, 0) is 9.47 Å². The van der Waals surface area contributed by atoms with Crippen molar-refractivity contribution >= 4 is 11.8 Å². The molecule has 0 radical (unpaired) electrons. The Kier molecular flexibility index (Phi) is 4.09. The highest BCUT2D eigenvalue weighted by Gasteiger charge is 2.27. The first-order valence-corrected chi connectivity index (χ1v) is 5.94. The molecule has 2 atom stereocenters. The maximum Gasteiger partial charge on any atom is 0.358 e. The standard InChI is InChI=1S/C12H17N3O3/c1-17-10-5-3-4-8(10)14-11-7-13-6-9(15-11)12(16)18-2/h6-8,10H,3-5H2,1-2H3,(H,14,15). The van der Waals surface area contributed by atoms with Crippen LogP contribution >= 0.6 is 0 Å². The van der Waals surface area contributed by atoms with E-state index in [1.165, 1.54) is 13.3 Å². The third-order valence-corrected chi connectivity index (χ3v) is 3.12. The number of nitrogens with zero attached hydrogens (tertiary/aromatic N) is 2. The molecule has 2 rings (SSSR count). The highest BCUT2D eigenvalue weighted by molar-refractivity contribution is 5.87. The lowest BCUT2D eigenvalue weighted by molar-refractivity contribution is 0.0593. The summed E-state index contributed by atoms with van der Waals surface area (Å²) in [7, 11) is 3.03. The van der Waals surface area contributed by atoms with E-state index in [-0.39, 0.29) is 17.8 Å². The number of carbonyl (C=O) groups is 1. The molecule has 1 aliphatic carbocycles. The summed E-state index contributed by atoms with van der Waals surface area (Å²) in [6, 6.07) is 0.220. The van der Waals surface area contributed by atoms with E-state index in [2.05, 4.69) is 20.0 Å². The number of methoxy groups -OCH3 is 2. The fourth-order valence-corrected chi connectivity index (χ4v) is 2.20. The number of anilines is 1. The predicted octanol–water partition coefficient (Wildman–Crippen LogP) is 1.24. The van der Waals surface area contributed by atoms with Crippen LogP contribution in [0.15, 0.2) is 12.4 Å². The minimum Gasteiger partial charge on any atom is -0.464 e. The molecule has 1 aromatic heterocycles. The van der Waals surface area contributed by atoms with Crippen LogP contribution in [0.3, 0.4) is 0 Å². The Morgan fingerprint density at radius 2 is 2.22 bits per heavy atom. The highest BCUT2D eigenvalue weighted by atomic mass is 16.5. The summed E-state index contributed by atoms with van der Waals surface area (Å²) >= 11 is 0. The van der Waals surface area contributed by atoms with Crippen LogP contribution < -0.4 is 5.32 Å². The van der Waals surface area contributed by atoms with Crippen molar-refractivity contribution in [3.05, 3.63) is 18.1 Å². The van der Waals surface area contributed by atoms with Gasteiger partial charge < -0.3 is 14.8 Å². The number of carbonyl (C=O) groups excluding carboxylic acids is 1. The van der Waals surface area contributed by atoms with Crippen LogP contribution in [-0.4, -0.2) is 42.3 Å². The molecule has 98 valence electrons. The Hall–Kier alpha value is -1.69. The van der Waals surface area contributed by atoms with Gasteiger partial charge in [-0.25, -0.2) is 9.78 Å². The zero-order chi connectivity index (χ0) is 13.0. The lowest BCUT2D eigenvalue weighted by Crippen LogP contribution is -2.30. The molecule has 0 amide bonds. The Balaban J connectivity index is 2.07. The van der Waals surface area contributed by atoms with Gasteiger partial charge in [0.25, 0.3) is 0 Å². The molecule has 0 aromatic carbocycles. The van der Waals surface area contributed by atoms with Gasteiger partial charge in [0.2, 0.25) is 0 Å². The van der Waals surface area contributed by atoms with Crippen LogP contribution in [0.2, 0.25) is 0 Å². The summed E-state index contributed by atoms with van der Waals surface area (Å²) in [6.07, 6.45) is 6.37. The van der Waals surface area contributed by atoms with Gasteiger partial charge in [-0.3, -0.25) is 4.98 Å². The first-order valence-electron chi connectivity index (χ1n) is 5.94. The number of esters is 1. The average molecular weight is 251 g/mol. The molecule has 18 heavy (non-hydrogen) atoms. The van der Waals surface area contributed by atoms with E-state index in [0.717, 1.165) is 19.3 Å². The van der Waals surface area contributed by atoms with Gasteiger partial charge in [0, 0.05) is 7.11 Å². The number of ether oxygens (including phenoxy) is 2. The van der Waals surface area contributed by atoms with Crippen molar-refractivity contribution in [2.75, 3.05) is 19.5 Å². The van der Waals surface area contributed by atoms with Crippen LogP contribution in [0, 0.1) is 0 Å². The SMILES string of the molecule is COC(=O)c1cncc(NC2CCCC2OC)n1. The van der Waals surface area contributed by atoms with Crippen LogP contribution in [0.5, 0.6) is 0 Å². The zero-order valence-corrected chi connectivity index (χ0v) is 10.5. The van der Waals surface area contributed by atoms with Crippen LogP contribution in [0.25, 0.3) is 0 Å². The van der Waals surface area contributed by atoms with Gasteiger partial charge in [-0.2, -0.15) is 0 Å². The predicted molar refractivity (Wildman–Crippen MR) is 65.4 cm³/mol. The minimum absolute atomic E-state index is 0.189. The van der Waals surface area contributed by atoms with Crippen molar-refractivity contribution in [2.24, 2.45) is 0 Å². The van der Waals surface area contributed by atoms with Crippen molar-refractivity contribution < 1.29 is 14.3 Å². The normalized spacial score (nSPS) is 22.8. The third-order valence-electron chi connectivity index (χ3n) is 3.12. The molecule has 1 heterocycles. The molecular weight excluding hydrogens is 234 g/mol. The Bertz CT molecular complexity index is 425. The summed E-state index contributed by atoms with van der Waals surface area (Å²) in [5.74, 6) is 0.0905. The topological polar surface area (TPSA) is 73.3 Å². The molecule has 2 unspecified atom stereocenters. The van der Waals surface area contributed by atoms with Gasteiger partial charge in [0.15, 0.2) is 5.69 Å². The van der Waals surface area contributed by atoms with E-state index < -0.39 is 5.97 Å². The van der Waals surface area contributed by atoms with Gasteiger partial charge in [-0.05, 0) is 19.3 Å². The summed E-state index contributed by atoms with van der Waals surface area (Å²) in [6.45, 7) is 0. The van der Waals surface area contributed by atoms with Gasteiger partial charge in [0.1, 0.15) is 5.82 Å². The molecule has 1 fully saturated rings. The molecule has 1 saturated carbocycles. The number of hydrogen-bond donors (Lipinski definition) is 1. The summed E-state index contributed by atoms with van der Waals surface area (Å²) in [5.41, 5.74) is 0.203.